The largest absolute Gasteiger partial charge is 0.490 e. The first-order valence-electron chi connectivity index (χ1n) is 12.0. The van der Waals surface area contributed by atoms with Crippen LogP contribution in [0.25, 0.3) is 22.8 Å². The molecule has 2 atom stereocenters. The lowest BCUT2D eigenvalue weighted by atomic mass is 10.0. The van der Waals surface area contributed by atoms with Gasteiger partial charge in [-0.3, -0.25) is 9.59 Å². The number of carbonyl (C=O) groups excluding carboxylic acids is 1. The summed E-state index contributed by atoms with van der Waals surface area (Å²) in [5, 5.41) is 22.7. The molecule has 1 amide bonds. The van der Waals surface area contributed by atoms with E-state index in [1.165, 1.54) is 0 Å². The van der Waals surface area contributed by atoms with E-state index in [9.17, 15) is 14.9 Å². The van der Waals surface area contributed by atoms with Crippen LogP contribution in [0.15, 0.2) is 40.9 Å². The molecule has 1 aliphatic heterocycles. The average molecular weight is 487 g/mol. The fraction of sp³-hybridized carbons (Fsp3) is 0.370. The van der Waals surface area contributed by atoms with E-state index in [0.717, 1.165) is 23.1 Å². The summed E-state index contributed by atoms with van der Waals surface area (Å²) in [5.74, 6) is 0.628. The van der Waals surface area contributed by atoms with Crippen LogP contribution in [0.5, 0.6) is 5.75 Å². The standard InChI is InChI=1S/C27H26N4O5/c1-15(2)35-22-9-8-16(11-18(22)14-28)27-29-26(30-36-27)20-6-3-5-19-21(20)12-17-13-23(32)31(25(17)19)10-4-7-24(33)34/h3,5-6,8-9,11,15,17,25H,4,7,10,12-13H2,1-2H3,(H,33,34)/t17-,25+/m1/s1. The number of carboxylic acids is 1. The van der Waals surface area contributed by atoms with Crippen LogP contribution >= 0.6 is 0 Å². The second kappa shape index (κ2) is 9.46. The lowest BCUT2D eigenvalue weighted by molar-refractivity contribution is -0.138. The average Bonchev–Trinajstić information content (AvgIpc) is 3.53. The molecular weight excluding hydrogens is 460 g/mol. The van der Waals surface area contributed by atoms with Gasteiger partial charge in [0.1, 0.15) is 11.8 Å². The summed E-state index contributed by atoms with van der Waals surface area (Å²) in [7, 11) is 0. The van der Waals surface area contributed by atoms with Crippen LogP contribution in [0, 0.1) is 17.2 Å². The first kappa shape index (κ1) is 23.5. The molecule has 9 heteroatoms. The van der Waals surface area contributed by atoms with Crippen LogP contribution in [0.3, 0.4) is 0 Å². The van der Waals surface area contributed by atoms with Gasteiger partial charge >= 0.3 is 5.97 Å². The number of aromatic nitrogens is 2. The van der Waals surface area contributed by atoms with Crippen LogP contribution < -0.4 is 4.74 Å². The number of carboxylic acid groups (broad SMARTS) is 1. The van der Waals surface area contributed by atoms with Gasteiger partial charge in [-0.2, -0.15) is 10.2 Å². The molecule has 1 saturated heterocycles. The highest BCUT2D eigenvalue weighted by Crippen LogP contribution is 2.49. The Bertz CT molecular complexity index is 1370. The van der Waals surface area contributed by atoms with Gasteiger partial charge in [0.15, 0.2) is 0 Å². The minimum absolute atomic E-state index is 0.0395. The Labute approximate surface area is 208 Å². The smallest absolute Gasteiger partial charge is 0.303 e. The molecule has 9 nitrogen and oxygen atoms in total. The molecule has 0 unspecified atom stereocenters. The van der Waals surface area contributed by atoms with E-state index in [0.29, 0.717) is 48.0 Å². The number of hydrogen-bond acceptors (Lipinski definition) is 7. The van der Waals surface area contributed by atoms with Crippen molar-refractivity contribution in [2.75, 3.05) is 6.54 Å². The minimum Gasteiger partial charge on any atom is -0.490 e. The second-order valence-corrected chi connectivity index (χ2v) is 9.48. The third kappa shape index (κ3) is 4.31. The molecule has 0 saturated carbocycles. The van der Waals surface area contributed by atoms with Crippen molar-refractivity contribution in [3.05, 3.63) is 53.1 Å². The predicted molar refractivity (Wildman–Crippen MR) is 129 cm³/mol. The molecule has 3 aromatic rings. The molecule has 1 N–H and O–H groups in total. The Morgan fingerprint density at radius 2 is 2.14 bits per heavy atom. The van der Waals surface area contributed by atoms with E-state index in [1.807, 2.05) is 36.9 Å². The molecule has 5 rings (SSSR count). The van der Waals surface area contributed by atoms with Gasteiger partial charge in [-0.05, 0) is 61.9 Å². The molecule has 36 heavy (non-hydrogen) atoms. The summed E-state index contributed by atoms with van der Waals surface area (Å²) in [4.78, 5) is 30.0. The molecule has 184 valence electrons. The zero-order valence-corrected chi connectivity index (χ0v) is 20.1. The summed E-state index contributed by atoms with van der Waals surface area (Å²) < 4.78 is 11.3. The number of nitrogens with zero attached hydrogens (tertiary/aromatic N) is 4. The Morgan fingerprint density at radius 1 is 1.31 bits per heavy atom. The second-order valence-electron chi connectivity index (χ2n) is 9.48. The third-order valence-corrected chi connectivity index (χ3v) is 6.70. The van der Waals surface area contributed by atoms with Crippen LogP contribution in [0.2, 0.25) is 0 Å². The van der Waals surface area contributed by atoms with Gasteiger partial charge in [0.2, 0.25) is 11.7 Å². The van der Waals surface area contributed by atoms with Gasteiger partial charge in [0.25, 0.3) is 5.89 Å². The number of benzene rings is 2. The van der Waals surface area contributed by atoms with E-state index in [4.69, 9.17) is 14.4 Å². The summed E-state index contributed by atoms with van der Waals surface area (Å²) in [6, 6.07) is 13.2. The van der Waals surface area contributed by atoms with Crippen LogP contribution in [0.4, 0.5) is 0 Å². The van der Waals surface area contributed by atoms with Gasteiger partial charge in [-0.15, -0.1) is 0 Å². The van der Waals surface area contributed by atoms with E-state index >= 15 is 0 Å². The maximum Gasteiger partial charge on any atom is 0.303 e. The summed E-state index contributed by atoms with van der Waals surface area (Å²) in [6.45, 7) is 4.23. The van der Waals surface area contributed by atoms with E-state index in [2.05, 4.69) is 16.2 Å². The van der Waals surface area contributed by atoms with Crippen molar-refractivity contribution in [2.45, 2.75) is 51.7 Å². The maximum atomic E-state index is 12.6. The van der Waals surface area contributed by atoms with Gasteiger partial charge < -0.3 is 19.3 Å². The number of aliphatic carboxylic acids is 1. The quantitative estimate of drug-likeness (QED) is 0.497. The highest BCUT2D eigenvalue weighted by molar-refractivity contribution is 5.81. The first-order chi connectivity index (χ1) is 17.4. The van der Waals surface area contributed by atoms with Crippen molar-refractivity contribution in [3.8, 4) is 34.7 Å². The van der Waals surface area contributed by atoms with Crippen LogP contribution in [0.1, 0.15) is 55.8 Å². The number of carbonyl (C=O) groups is 2. The van der Waals surface area contributed by atoms with Gasteiger partial charge in [0.05, 0.1) is 17.7 Å². The fourth-order valence-electron chi connectivity index (χ4n) is 5.27. The summed E-state index contributed by atoms with van der Waals surface area (Å²) in [5.41, 5.74) is 4.03. The minimum atomic E-state index is -0.857. The molecule has 0 bridgehead atoms. The molecule has 1 fully saturated rings. The van der Waals surface area contributed by atoms with E-state index in [-0.39, 0.29) is 30.4 Å². The molecule has 1 aromatic heterocycles. The van der Waals surface area contributed by atoms with Gasteiger partial charge in [-0.25, -0.2) is 0 Å². The highest BCUT2D eigenvalue weighted by atomic mass is 16.5. The van der Waals surface area contributed by atoms with Crippen molar-refractivity contribution < 1.29 is 24.0 Å². The normalized spacial score (nSPS) is 18.3. The summed E-state index contributed by atoms with van der Waals surface area (Å²) >= 11 is 0. The van der Waals surface area contributed by atoms with Gasteiger partial charge in [0, 0.05) is 30.5 Å². The lowest BCUT2D eigenvalue weighted by Gasteiger charge is -2.25. The van der Waals surface area contributed by atoms with Crippen molar-refractivity contribution in [1.82, 2.24) is 15.0 Å². The number of fused-ring (bicyclic) bond motifs is 3. The number of ether oxygens (including phenoxy) is 1. The number of likely N-dealkylation sites (tertiary alicyclic amines) is 1. The molecule has 1 aliphatic carbocycles. The van der Waals surface area contributed by atoms with Crippen molar-refractivity contribution in [1.29, 1.82) is 5.26 Å². The SMILES string of the molecule is CC(C)Oc1ccc(-c2nc(-c3cccc4c3C[C@@H]3CC(=O)N(CCCC(=O)O)[C@H]43)no2)cc1C#N. The number of amides is 1. The van der Waals surface area contributed by atoms with Crippen LogP contribution in [-0.2, 0) is 16.0 Å². The van der Waals surface area contributed by atoms with E-state index < -0.39 is 5.97 Å². The Balaban J connectivity index is 1.42. The highest BCUT2D eigenvalue weighted by Gasteiger charge is 2.46. The molecule has 0 spiro atoms. The monoisotopic (exact) mass is 486 g/mol. The van der Waals surface area contributed by atoms with Crippen molar-refractivity contribution >= 4 is 11.9 Å². The molecular formula is C27H26N4O5. The molecule has 2 aliphatic rings. The third-order valence-electron chi connectivity index (χ3n) is 6.70. The molecule has 2 heterocycles. The van der Waals surface area contributed by atoms with Crippen molar-refractivity contribution in [2.24, 2.45) is 5.92 Å². The van der Waals surface area contributed by atoms with E-state index in [1.54, 1.807) is 18.2 Å². The fourth-order valence-corrected chi connectivity index (χ4v) is 5.27. The molecule has 0 radical (unpaired) electrons. The zero-order valence-electron chi connectivity index (χ0n) is 20.1. The van der Waals surface area contributed by atoms with Crippen LogP contribution in [-0.4, -0.2) is 44.7 Å². The zero-order chi connectivity index (χ0) is 25.4. The maximum absolute atomic E-state index is 12.6. The van der Waals surface area contributed by atoms with Crippen molar-refractivity contribution in [3.63, 3.8) is 0 Å². The molecule has 2 aromatic carbocycles. The number of nitriles is 1. The van der Waals surface area contributed by atoms with Gasteiger partial charge in [-0.1, -0.05) is 23.4 Å². The Morgan fingerprint density at radius 3 is 2.89 bits per heavy atom. The Hall–Kier alpha value is -4.19. The lowest BCUT2D eigenvalue weighted by Crippen LogP contribution is -2.29. The summed E-state index contributed by atoms with van der Waals surface area (Å²) in [6.07, 6.45) is 1.59. The predicted octanol–water partition coefficient (Wildman–Crippen LogP) is 4.37. The first-order valence-corrected chi connectivity index (χ1v) is 12.0. The number of rotatable bonds is 8. The topological polar surface area (TPSA) is 130 Å². The Kier molecular flexibility index (Phi) is 6.18. The number of hydrogen-bond donors (Lipinski definition) is 1.